The van der Waals surface area contributed by atoms with Crippen LogP contribution in [-0.2, 0) is 14.6 Å². The fraction of sp³-hybridized carbons (Fsp3) is 0.750. The fourth-order valence-electron chi connectivity index (χ4n) is 5.19. The van der Waals surface area contributed by atoms with Crippen molar-refractivity contribution in [3.05, 3.63) is 18.3 Å². The maximum absolute atomic E-state index is 12.1. The SMILES string of the molecule is CS(=O)(=O)c1cccnc1N1CCC2(CC1)CC(O)CN(C1CCOCC1)C2. The molecule has 3 aliphatic heterocycles. The molecule has 3 saturated heterocycles. The molecule has 3 fully saturated rings. The zero-order valence-electron chi connectivity index (χ0n) is 16.6. The Balaban J connectivity index is 1.47. The lowest BCUT2D eigenvalue weighted by Gasteiger charge is -2.51. The molecule has 1 unspecified atom stereocenters. The lowest BCUT2D eigenvalue weighted by molar-refractivity contribution is -0.0602. The van der Waals surface area contributed by atoms with Crippen molar-refractivity contribution in [2.45, 2.75) is 49.1 Å². The number of anilines is 1. The lowest BCUT2D eigenvalue weighted by Crippen LogP contribution is -2.57. The first kappa shape index (κ1) is 20.1. The van der Waals surface area contributed by atoms with Gasteiger partial charge in [0.05, 0.1) is 6.10 Å². The summed E-state index contributed by atoms with van der Waals surface area (Å²) >= 11 is 0. The van der Waals surface area contributed by atoms with E-state index in [0.29, 0.717) is 16.8 Å². The molecule has 1 aromatic heterocycles. The second-order valence-corrected chi connectivity index (χ2v) is 10.7. The van der Waals surface area contributed by atoms with Crippen LogP contribution in [0.4, 0.5) is 5.82 Å². The monoisotopic (exact) mass is 409 g/mol. The van der Waals surface area contributed by atoms with Gasteiger partial charge in [0.1, 0.15) is 10.7 Å². The first-order valence-electron chi connectivity index (χ1n) is 10.3. The summed E-state index contributed by atoms with van der Waals surface area (Å²) in [6, 6.07) is 3.82. The van der Waals surface area contributed by atoms with Crippen LogP contribution in [0.2, 0.25) is 0 Å². The first-order chi connectivity index (χ1) is 13.4. The largest absolute Gasteiger partial charge is 0.392 e. The number of hydrogen-bond acceptors (Lipinski definition) is 7. The Labute approximate surface area is 167 Å². The van der Waals surface area contributed by atoms with Crippen molar-refractivity contribution in [1.29, 1.82) is 0 Å². The maximum Gasteiger partial charge on any atom is 0.179 e. The van der Waals surface area contributed by atoms with E-state index in [1.54, 1.807) is 18.3 Å². The van der Waals surface area contributed by atoms with Crippen LogP contribution in [0, 0.1) is 5.41 Å². The van der Waals surface area contributed by atoms with E-state index in [-0.39, 0.29) is 11.5 Å². The van der Waals surface area contributed by atoms with Gasteiger partial charge in [-0.3, -0.25) is 4.90 Å². The lowest BCUT2D eigenvalue weighted by atomic mass is 9.71. The van der Waals surface area contributed by atoms with Gasteiger partial charge in [0, 0.05) is 57.9 Å². The van der Waals surface area contributed by atoms with Crippen LogP contribution < -0.4 is 4.90 Å². The third-order valence-electron chi connectivity index (χ3n) is 6.63. The number of hydrogen-bond donors (Lipinski definition) is 1. The first-order valence-corrected chi connectivity index (χ1v) is 12.2. The Morgan fingerprint density at radius 2 is 1.96 bits per heavy atom. The highest BCUT2D eigenvalue weighted by Crippen LogP contribution is 2.42. The number of likely N-dealkylation sites (tertiary alicyclic amines) is 1. The minimum atomic E-state index is -3.31. The van der Waals surface area contributed by atoms with Crippen molar-refractivity contribution >= 4 is 15.7 Å². The van der Waals surface area contributed by atoms with Crippen LogP contribution in [-0.4, -0.2) is 81.2 Å². The number of aliphatic hydroxyl groups excluding tert-OH is 1. The number of β-amino-alcohol motifs (C(OH)–C–C–N with tert-alkyl or cyclic N) is 1. The Morgan fingerprint density at radius 3 is 2.64 bits per heavy atom. The van der Waals surface area contributed by atoms with Crippen molar-refractivity contribution < 1.29 is 18.3 Å². The molecule has 28 heavy (non-hydrogen) atoms. The van der Waals surface area contributed by atoms with E-state index < -0.39 is 9.84 Å². The average molecular weight is 410 g/mol. The summed E-state index contributed by atoms with van der Waals surface area (Å²) in [6.07, 6.45) is 7.42. The second-order valence-electron chi connectivity index (χ2n) is 8.72. The molecule has 0 aromatic carbocycles. The molecule has 7 nitrogen and oxygen atoms in total. The molecular weight excluding hydrogens is 378 g/mol. The van der Waals surface area contributed by atoms with Gasteiger partial charge < -0.3 is 14.7 Å². The quantitative estimate of drug-likeness (QED) is 0.806. The van der Waals surface area contributed by atoms with Gasteiger partial charge in [-0.25, -0.2) is 13.4 Å². The molecule has 8 heteroatoms. The number of aromatic nitrogens is 1. The molecule has 0 amide bonds. The number of pyridine rings is 1. The molecule has 0 saturated carbocycles. The predicted octanol–water partition coefficient (Wildman–Crippen LogP) is 1.32. The van der Waals surface area contributed by atoms with Crippen LogP contribution in [0.1, 0.15) is 32.1 Å². The molecule has 156 valence electrons. The van der Waals surface area contributed by atoms with E-state index in [2.05, 4.69) is 14.8 Å². The molecule has 4 heterocycles. The zero-order valence-corrected chi connectivity index (χ0v) is 17.4. The van der Waals surface area contributed by atoms with Gasteiger partial charge in [-0.15, -0.1) is 0 Å². The number of aliphatic hydroxyl groups is 1. The molecule has 1 N–H and O–H groups in total. The third kappa shape index (κ3) is 4.20. The van der Waals surface area contributed by atoms with Gasteiger partial charge in [-0.1, -0.05) is 0 Å². The zero-order chi connectivity index (χ0) is 19.8. The van der Waals surface area contributed by atoms with Gasteiger partial charge >= 0.3 is 0 Å². The Morgan fingerprint density at radius 1 is 1.25 bits per heavy atom. The number of ether oxygens (including phenoxy) is 1. The van der Waals surface area contributed by atoms with Gasteiger partial charge in [0.25, 0.3) is 0 Å². The van der Waals surface area contributed by atoms with Gasteiger partial charge in [-0.05, 0) is 49.7 Å². The molecule has 0 aliphatic carbocycles. The molecule has 1 atom stereocenters. The summed E-state index contributed by atoms with van der Waals surface area (Å²) in [4.78, 5) is 9.26. The van der Waals surface area contributed by atoms with Crippen LogP contribution >= 0.6 is 0 Å². The smallest absolute Gasteiger partial charge is 0.179 e. The second kappa shape index (κ2) is 7.89. The number of nitrogens with zero attached hydrogens (tertiary/aromatic N) is 3. The van der Waals surface area contributed by atoms with Gasteiger partial charge in [0.2, 0.25) is 0 Å². The highest BCUT2D eigenvalue weighted by atomic mass is 32.2. The van der Waals surface area contributed by atoms with Gasteiger partial charge in [0.15, 0.2) is 9.84 Å². The standard InChI is InChI=1S/C20H31N3O4S/c1-28(25,26)18-3-2-8-21-19(18)22-9-6-20(7-10-22)13-17(24)14-23(15-20)16-4-11-27-12-5-16/h2-3,8,16-17,24H,4-7,9-15H2,1H3. The van der Waals surface area contributed by atoms with Crippen molar-refractivity contribution in [3.63, 3.8) is 0 Å². The van der Waals surface area contributed by atoms with Crippen LogP contribution in [0.3, 0.4) is 0 Å². The highest BCUT2D eigenvalue weighted by Gasteiger charge is 2.43. The van der Waals surface area contributed by atoms with Crippen molar-refractivity contribution in [1.82, 2.24) is 9.88 Å². The molecular formula is C20H31N3O4S. The Kier molecular flexibility index (Phi) is 5.66. The molecule has 0 bridgehead atoms. The predicted molar refractivity (Wildman–Crippen MR) is 107 cm³/mol. The van der Waals surface area contributed by atoms with E-state index >= 15 is 0 Å². The molecule has 1 spiro atoms. The number of piperidine rings is 2. The van der Waals surface area contributed by atoms with E-state index in [1.165, 1.54) is 6.26 Å². The van der Waals surface area contributed by atoms with E-state index in [0.717, 1.165) is 71.5 Å². The van der Waals surface area contributed by atoms with E-state index in [1.807, 2.05) is 0 Å². The van der Waals surface area contributed by atoms with Crippen molar-refractivity contribution in [2.75, 3.05) is 50.5 Å². The summed E-state index contributed by atoms with van der Waals surface area (Å²) in [5.41, 5.74) is 0.104. The Bertz CT molecular complexity index is 786. The van der Waals surface area contributed by atoms with Crippen LogP contribution in [0.15, 0.2) is 23.2 Å². The van der Waals surface area contributed by atoms with Crippen LogP contribution in [0.25, 0.3) is 0 Å². The summed E-state index contributed by atoms with van der Waals surface area (Å²) in [6.45, 7) is 4.94. The molecule has 3 aliphatic rings. The molecule has 1 aromatic rings. The highest BCUT2D eigenvalue weighted by molar-refractivity contribution is 7.90. The summed E-state index contributed by atoms with van der Waals surface area (Å²) in [5.74, 6) is 0.567. The molecule has 0 radical (unpaired) electrons. The maximum atomic E-state index is 12.1. The summed E-state index contributed by atoms with van der Waals surface area (Å²) in [5, 5.41) is 10.6. The van der Waals surface area contributed by atoms with Crippen molar-refractivity contribution in [2.24, 2.45) is 5.41 Å². The van der Waals surface area contributed by atoms with Crippen LogP contribution in [0.5, 0.6) is 0 Å². The minimum absolute atomic E-state index is 0.104. The number of sulfone groups is 1. The molecule has 4 rings (SSSR count). The average Bonchev–Trinajstić information content (AvgIpc) is 2.68. The normalized spacial score (nSPS) is 27.2. The fourth-order valence-corrected chi connectivity index (χ4v) is 6.03. The van der Waals surface area contributed by atoms with Gasteiger partial charge in [-0.2, -0.15) is 0 Å². The topological polar surface area (TPSA) is 83.0 Å². The van der Waals surface area contributed by atoms with E-state index in [9.17, 15) is 13.5 Å². The summed E-state index contributed by atoms with van der Waals surface area (Å²) in [7, 11) is -3.31. The van der Waals surface area contributed by atoms with E-state index in [4.69, 9.17) is 4.74 Å². The van der Waals surface area contributed by atoms with Crippen molar-refractivity contribution in [3.8, 4) is 0 Å². The number of rotatable bonds is 3. The third-order valence-corrected chi connectivity index (χ3v) is 7.75. The summed E-state index contributed by atoms with van der Waals surface area (Å²) < 4.78 is 29.8. The Hall–Kier alpha value is -1.22. The minimum Gasteiger partial charge on any atom is -0.392 e.